The Morgan fingerprint density at radius 1 is 1.55 bits per heavy atom. The highest BCUT2D eigenvalue weighted by Crippen LogP contribution is 2.27. The lowest BCUT2D eigenvalue weighted by Gasteiger charge is -2.27. The van der Waals surface area contributed by atoms with Crippen molar-refractivity contribution in [2.75, 3.05) is 25.0 Å². The van der Waals surface area contributed by atoms with Crippen molar-refractivity contribution >= 4 is 11.6 Å². The van der Waals surface area contributed by atoms with Crippen LogP contribution in [-0.4, -0.2) is 31.2 Å². The van der Waals surface area contributed by atoms with Crippen LogP contribution < -0.4 is 10.2 Å². The van der Waals surface area contributed by atoms with E-state index in [2.05, 4.69) is 11.4 Å². The second-order valence-electron chi connectivity index (χ2n) is 4.66. The molecule has 2 N–H and O–H groups in total. The van der Waals surface area contributed by atoms with Crippen molar-refractivity contribution in [1.29, 1.82) is 5.26 Å². The number of anilines is 1. The highest BCUT2D eigenvalue weighted by atomic mass is 16.3. The average molecular weight is 275 g/mol. The highest BCUT2D eigenvalue weighted by molar-refractivity contribution is 5.81. The lowest BCUT2D eigenvalue weighted by atomic mass is 10.0. The molecule has 0 unspecified atom stereocenters. The van der Waals surface area contributed by atoms with Crippen LogP contribution >= 0.6 is 0 Å². The summed E-state index contributed by atoms with van der Waals surface area (Å²) in [6.07, 6.45) is 0.217. The number of aliphatic hydroxyl groups excluding tert-OH is 1. The van der Waals surface area contributed by atoms with Crippen molar-refractivity contribution < 1.29 is 9.90 Å². The van der Waals surface area contributed by atoms with Crippen LogP contribution in [0.15, 0.2) is 18.2 Å². The van der Waals surface area contributed by atoms with Gasteiger partial charge in [0.25, 0.3) is 0 Å². The third kappa shape index (κ3) is 3.97. The maximum absolute atomic E-state index is 11.6. The Morgan fingerprint density at radius 2 is 2.25 bits per heavy atom. The summed E-state index contributed by atoms with van der Waals surface area (Å²) in [4.78, 5) is 13.5. The van der Waals surface area contributed by atoms with Gasteiger partial charge in [0.15, 0.2) is 0 Å². The lowest BCUT2D eigenvalue weighted by molar-refractivity contribution is -0.119. The van der Waals surface area contributed by atoms with Gasteiger partial charge in [0.05, 0.1) is 24.3 Å². The van der Waals surface area contributed by atoms with Gasteiger partial charge in [0.1, 0.15) is 0 Å². The zero-order valence-corrected chi connectivity index (χ0v) is 12.2. The smallest absolute Gasteiger partial charge is 0.239 e. The van der Waals surface area contributed by atoms with Crippen molar-refractivity contribution in [3.8, 4) is 6.07 Å². The van der Waals surface area contributed by atoms with Crippen LogP contribution in [-0.2, 0) is 4.79 Å². The van der Waals surface area contributed by atoms with E-state index in [1.165, 1.54) is 0 Å². The van der Waals surface area contributed by atoms with E-state index in [-0.39, 0.29) is 12.5 Å². The van der Waals surface area contributed by atoms with Crippen LogP contribution in [0.4, 0.5) is 5.69 Å². The van der Waals surface area contributed by atoms with Crippen molar-refractivity contribution in [3.05, 3.63) is 29.3 Å². The predicted octanol–water partition coefficient (Wildman–Crippen LogP) is 1.57. The molecule has 0 spiro atoms. The van der Waals surface area contributed by atoms with E-state index in [9.17, 15) is 9.90 Å². The van der Waals surface area contributed by atoms with Crippen molar-refractivity contribution in [2.45, 2.75) is 26.4 Å². The molecular weight excluding hydrogens is 254 g/mol. The van der Waals surface area contributed by atoms with Gasteiger partial charge in [-0.1, -0.05) is 13.0 Å². The third-order valence-electron chi connectivity index (χ3n) is 3.06. The molecule has 20 heavy (non-hydrogen) atoms. The molecule has 5 heteroatoms. The van der Waals surface area contributed by atoms with Gasteiger partial charge in [-0.15, -0.1) is 0 Å². The molecular formula is C15H21N3O2. The fraction of sp³-hybridized carbons (Fsp3) is 0.467. The number of likely N-dealkylation sites (N-methyl/N-ethyl adjacent to an activating group) is 1. The van der Waals surface area contributed by atoms with Crippen LogP contribution in [0.3, 0.4) is 0 Å². The second kappa shape index (κ2) is 7.51. The van der Waals surface area contributed by atoms with Gasteiger partial charge in [-0.05, 0) is 25.5 Å². The monoisotopic (exact) mass is 275 g/mol. The maximum Gasteiger partial charge on any atom is 0.239 e. The van der Waals surface area contributed by atoms with Gasteiger partial charge >= 0.3 is 0 Å². The van der Waals surface area contributed by atoms with E-state index >= 15 is 0 Å². The van der Waals surface area contributed by atoms with Gasteiger partial charge in [-0.3, -0.25) is 4.79 Å². The van der Waals surface area contributed by atoms with E-state index in [4.69, 9.17) is 5.26 Å². The van der Waals surface area contributed by atoms with Gasteiger partial charge < -0.3 is 15.3 Å². The summed E-state index contributed by atoms with van der Waals surface area (Å²) in [5, 5.41) is 21.5. The molecule has 0 saturated carbocycles. The number of benzene rings is 1. The Balaban J connectivity index is 3.21. The number of amides is 1. The Kier molecular flexibility index (Phi) is 6.01. The average Bonchev–Trinajstić information content (AvgIpc) is 2.45. The first-order chi connectivity index (χ1) is 9.53. The van der Waals surface area contributed by atoms with Gasteiger partial charge in [0.2, 0.25) is 5.91 Å². The summed E-state index contributed by atoms with van der Waals surface area (Å²) < 4.78 is 0. The molecule has 0 saturated heterocycles. The SMILES string of the molecule is CCCN(CC(=O)NC)c1cc(C#N)ccc1[C@H](C)O. The molecule has 0 heterocycles. The molecule has 5 nitrogen and oxygen atoms in total. The van der Waals surface area contributed by atoms with Crippen molar-refractivity contribution in [3.63, 3.8) is 0 Å². The number of rotatable bonds is 6. The highest BCUT2D eigenvalue weighted by Gasteiger charge is 2.17. The number of carbonyl (C=O) groups is 1. The van der Waals surface area contributed by atoms with Crippen LogP contribution in [0.25, 0.3) is 0 Å². The van der Waals surface area contributed by atoms with E-state index in [1.807, 2.05) is 11.8 Å². The largest absolute Gasteiger partial charge is 0.389 e. The number of aliphatic hydroxyl groups is 1. The second-order valence-corrected chi connectivity index (χ2v) is 4.66. The number of carbonyl (C=O) groups excluding carboxylic acids is 1. The lowest BCUT2D eigenvalue weighted by Crippen LogP contribution is -2.36. The van der Waals surface area contributed by atoms with Crippen LogP contribution in [0.2, 0.25) is 0 Å². The summed E-state index contributed by atoms with van der Waals surface area (Å²) in [6, 6.07) is 7.23. The summed E-state index contributed by atoms with van der Waals surface area (Å²) in [6.45, 7) is 4.59. The number of nitrogens with zero attached hydrogens (tertiary/aromatic N) is 2. The van der Waals surface area contributed by atoms with Crippen LogP contribution in [0.5, 0.6) is 0 Å². The van der Waals surface area contributed by atoms with E-state index in [0.29, 0.717) is 12.1 Å². The minimum absolute atomic E-state index is 0.0997. The van der Waals surface area contributed by atoms with Gasteiger partial charge in [0, 0.05) is 24.8 Å². The van der Waals surface area contributed by atoms with Gasteiger partial charge in [-0.25, -0.2) is 0 Å². The van der Waals surface area contributed by atoms with Gasteiger partial charge in [-0.2, -0.15) is 5.26 Å². The predicted molar refractivity (Wildman–Crippen MR) is 78.4 cm³/mol. The molecule has 1 aromatic carbocycles. The van der Waals surface area contributed by atoms with Crippen molar-refractivity contribution in [1.82, 2.24) is 5.32 Å². The number of hydrogen-bond donors (Lipinski definition) is 2. The first-order valence-electron chi connectivity index (χ1n) is 6.71. The Hall–Kier alpha value is -2.06. The van der Waals surface area contributed by atoms with E-state index in [1.54, 1.807) is 32.2 Å². The summed E-state index contributed by atoms with van der Waals surface area (Å²) >= 11 is 0. The quantitative estimate of drug-likeness (QED) is 0.826. The summed E-state index contributed by atoms with van der Waals surface area (Å²) in [5.41, 5.74) is 1.98. The minimum atomic E-state index is -0.651. The molecule has 108 valence electrons. The van der Waals surface area contributed by atoms with Crippen molar-refractivity contribution in [2.24, 2.45) is 0 Å². The maximum atomic E-state index is 11.6. The fourth-order valence-corrected chi connectivity index (χ4v) is 2.05. The zero-order chi connectivity index (χ0) is 15.1. The third-order valence-corrected chi connectivity index (χ3v) is 3.06. The zero-order valence-electron chi connectivity index (χ0n) is 12.2. The van der Waals surface area contributed by atoms with E-state index in [0.717, 1.165) is 17.7 Å². The van der Waals surface area contributed by atoms with E-state index < -0.39 is 6.10 Å². The number of nitriles is 1. The van der Waals surface area contributed by atoms with Crippen LogP contribution in [0, 0.1) is 11.3 Å². The molecule has 0 fully saturated rings. The molecule has 1 atom stereocenters. The molecule has 0 aliphatic rings. The van der Waals surface area contributed by atoms with Crippen LogP contribution in [0.1, 0.15) is 37.5 Å². The Bertz CT molecular complexity index is 506. The number of nitrogens with one attached hydrogen (secondary N) is 1. The number of hydrogen-bond acceptors (Lipinski definition) is 4. The molecule has 0 aliphatic carbocycles. The summed E-state index contributed by atoms with van der Waals surface area (Å²) in [7, 11) is 1.59. The molecule has 1 aromatic rings. The Morgan fingerprint density at radius 3 is 2.75 bits per heavy atom. The molecule has 0 bridgehead atoms. The molecule has 1 amide bonds. The summed E-state index contributed by atoms with van der Waals surface area (Å²) in [5.74, 6) is -0.0997. The molecule has 0 aromatic heterocycles. The standard InChI is InChI=1S/C15H21N3O2/c1-4-7-18(10-15(20)17-3)14-8-12(9-16)5-6-13(14)11(2)19/h5-6,8,11,19H,4,7,10H2,1-3H3,(H,17,20)/t11-/m0/s1. The molecule has 1 rings (SSSR count). The first-order valence-corrected chi connectivity index (χ1v) is 6.71. The fourth-order valence-electron chi connectivity index (χ4n) is 2.05. The molecule has 0 radical (unpaired) electrons. The molecule has 0 aliphatic heterocycles. The minimum Gasteiger partial charge on any atom is -0.389 e. The topological polar surface area (TPSA) is 76.4 Å². The first kappa shape index (κ1) is 16.0. The Labute approximate surface area is 119 Å². The normalized spacial score (nSPS) is 11.6.